The molecule has 10 heteroatoms. The monoisotopic (exact) mass is 359 g/mol. The van der Waals surface area contributed by atoms with Crippen molar-refractivity contribution < 1.29 is 26.0 Å². The van der Waals surface area contributed by atoms with Crippen LogP contribution >= 0.6 is 0 Å². The number of sulfonamides is 1. The Bertz CT molecular complexity index is 995. The van der Waals surface area contributed by atoms with E-state index in [0.717, 1.165) is 24.4 Å². The summed E-state index contributed by atoms with van der Waals surface area (Å²) in [5, 5.41) is 0.200. The molecule has 126 valence electrons. The van der Waals surface area contributed by atoms with Gasteiger partial charge in [0.1, 0.15) is 11.5 Å². The Labute approximate surface area is 133 Å². The maximum absolute atomic E-state index is 13.2. The first-order chi connectivity index (χ1) is 11.2. The topological polar surface area (TPSA) is 74.8 Å². The minimum Gasteiger partial charge on any atom is -0.344 e. The van der Waals surface area contributed by atoms with E-state index in [2.05, 4.69) is 14.7 Å². The molecular weight excluding hydrogens is 350 g/mol. The van der Waals surface area contributed by atoms with Gasteiger partial charge in [0.15, 0.2) is 0 Å². The van der Waals surface area contributed by atoms with Gasteiger partial charge in [-0.25, -0.2) is 17.8 Å². The highest BCUT2D eigenvalue weighted by molar-refractivity contribution is 7.92. The average molecular weight is 359 g/mol. The van der Waals surface area contributed by atoms with Crippen LogP contribution in [0.15, 0.2) is 47.6 Å². The van der Waals surface area contributed by atoms with Crippen molar-refractivity contribution in [1.29, 1.82) is 0 Å². The van der Waals surface area contributed by atoms with Crippen LogP contribution in [0.1, 0.15) is 5.56 Å². The molecule has 0 unspecified atom stereocenters. The van der Waals surface area contributed by atoms with Crippen molar-refractivity contribution in [2.75, 3.05) is 4.72 Å². The predicted molar refractivity (Wildman–Crippen MR) is 78.3 cm³/mol. The molecule has 0 aliphatic carbocycles. The molecule has 0 saturated heterocycles. The lowest BCUT2D eigenvalue weighted by Crippen LogP contribution is -2.13. The summed E-state index contributed by atoms with van der Waals surface area (Å²) < 4.78 is 77.5. The second-order valence-electron chi connectivity index (χ2n) is 4.88. The van der Waals surface area contributed by atoms with Gasteiger partial charge in [0.2, 0.25) is 0 Å². The molecule has 0 bridgehead atoms. The van der Waals surface area contributed by atoms with Gasteiger partial charge in [0, 0.05) is 11.6 Å². The molecule has 2 aromatic heterocycles. The first-order valence-electron chi connectivity index (χ1n) is 6.49. The number of rotatable bonds is 3. The van der Waals surface area contributed by atoms with Gasteiger partial charge in [-0.2, -0.15) is 13.2 Å². The van der Waals surface area contributed by atoms with Gasteiger partial charge in [0.25, 0.3) is 10.0 Å². The minimum atomic E-state index is -4.56. The van der Waals surface area contributed by atoms with Crippen molar-refractivity contribution in [1.82, 2.24) is 9.97 Å². The Hall–Kier alpha value is -2.62. The van der Waals surface area contributed by atoms with Gasteiger partial charge in [-0.1, -0.05) is 0 Å². The van der Waals surface area contributed by atoms with E-state index in [1.165, 1.54) is 6.20 Å². The molecule has 0 amide bonds. The number of anilines is 1. The molecule has 1 aromatic carbocycles. The Balaban J connectivity index is 1.94. The zero-order chi connectivity index (χ0) is 17.5. The van der Waals surface area contributed by atoms with Crippen LogP contribution in [0.3, 0.4) is 0 Å². The fraction of sp³-hybridized carbons (Fsp3) is 0.0714. The number of benzene rings is 1. The SMILES string of the molecule is O=S(=O)(Nc1c[nH]c2ncc(F)cc12)c1ccc(C(F)(F)F)cc1. The molecule has 0 radical (unpaired) electrons. The Morgan fingerprint density at radius 3 is 2.42 bits per heavy atom. The van der Waals surface area contributed by atoms with E-state index in [9.17, 15) is 26.0 Å². The molecule has 0 aliphatic rings. The standard InChI is InChI=1S/C14H9F4N3O2S/c15-9-5-11-12(7-20-13(11)19-6-9)21-24(22,23)10-3-1-8(2-4-10)14(16,17)18/h1-7,21H,(H,19,20). The fourth-order valence-corrected chi connectivity index (χ4v) is 3.16. The Morgan fingerprint density at radius 2 is 1.79 bits per heavy atom. The molecule has 2 heterocycles. The van der Waals surface area contributed by atoms with Gasteiger partial charge in [-0.15, -0.1) is 0 Å². The van der Waals surface area contributed by atoms with E-state index in [1.54, 1.807) is 0 Å². The van der Waals surface area contributed by atoms with Crippen molar-refractivity contribution in [3.05, 3.63) is 54.1 Å². The van der Waals surface area contributed by atoms with Crippen LogP contribution < -0.4 is 4.72 Å². The second-order valence-corrected chi connectivity index (χ2v) is 6.56. The van der Waals surface area contributed by atoms with Gasteiger partial charge in [-0.3, -0.25) is 4.72 Å². The van der Waals surface area contributed by atoms with Gasteiger partial charge in [-0.05, 0) is 30.3 Å². The van der Waals surface area contributed by atoms with Crippen LogP contribution in [-0.4, -0.2) is 18.4 Å². The van der Waals surface area contributed by atoms with Crippen molar-refractivity contribution in [2.24, 2.45) is 0 Å². The van der Waals surface area contributed by atoms with Crippen molar-refractivity contribution >= 4 is 26.7 Å². The molecule has 0 spiro atoms. The third kappa shape index (κ3) is 3.04. The van der Waals surface area contributed by atoms with Crippen LogP contribution in [0.5, 0.6) is 0 Å². The van der Waals surface area contributed by atoms with Crippen molar-refractivity contribution in [3.63, 3.8) is 0 Å². The predicted octanol–water partition coefficient (Wildman–Crippen LogP) is 3.52. The Kier molecular flexibility index (Phi) is 3.71. The summed E-state index contributed by atoms with van der Waals surface area (Å²) in [5.41, 5.74) is -0.654. The van der Waals surface area contributed by atoms with Gasteiger partial charge >= 0.3 is 6.18 Å². The summed E-state index contributed by atoms with van der Waals surface area (Å²) in [7, 11) is -4.14. The van der Waals surface area contributed by atoms with Crippen molar-refractivity contribution in [3.8, 4) is 0 Å². The number of pyridine rings is 1. The van der Waals surface area contributed by atoms with E-state index in [4.69, 9.17) is 0 Å². The summed E-state index contributed by atoms with van der Waals surface area (Å²) in [6, 6.07) is 4.12. The maximum Gasteiger partial charge on any atom is 0.416 e. The van der Waals surface area contributed by atoms with Crippen LogP contribution in [0.4, 0.5) is 23.2 Å². The average Bonchev–Trinajstić information content (AvgIpc) is 2.88. The van der Waals surface area contributed by atoms with E-state index < -0.39 is 27.6 Å². The first kappa shape index (κ1) is 16.2. The molecule has 0 aliphatic heterocycles. The highest BCUT2D eigenvalue weighted by Gasteiger charge is 2.30. The molecule has 5 nitrogen and oxygen atoms in total. The van der Waals surface area contributed by atoms with Crippen LogP contribution in [0.2, 0.25) is 0 Å². The minimum absolute atomic E-state index is 0.0388. The van der Waals surface area contributed by atoms with E-state index in [0.29, 0.717) is 12.1 Å². The van der Waals surface area contributed by atoms with E-state index in [-0.39, 0.29) is 21.6 Å². The largest absolute Gasteiger partial charge is 0.416 e. The Morgan fingerprint density at radius 1 is 1.12 bits per heavy atom. The number of nitrogens with zero attached hydrogens (tertiary/aromatic N) is 1. The number of alkyl halides is 3. The molecule has 24 heavy (non-hydrogen) atoms. The summed E-state index contributed by atoms with van der Waals surface area (Å²) >= 11 is 0. The molecular formula is C14H9F4N3O2S. The number of aromatic nitrogens is 2. The number of aromatic amines is 1. The van der Waals surface area contributed by atoms with E-state index in [1.807, 2.05) is 0 Å². The first-order valence-corrected chi connectivity index (χ1v) is 7.98. The van der Waals surface area contributed by atoms with Crippen molar-refractivity contribution in [2.45, 2.75) is 11.1 Å². The van der Waals surface area contributed by atoms with Crippen LogP contribution in [-0.2, 0) is 16.2 Å². The second kappa shape index (κ2) is 5.48. The maximum atomic E-state index is 13.2. The number of halogens is 4. The van der Waals surface area contributed by atoms with Gasteiger partial charge in [0.05, 0.1) is 22.3 Å². The number of hydrogen-bond donors (Lipinski definition) is 2. The normalized spacial score (nSPS) is 12.5. The number of hydrogen-bond acceptors (Lipinski definition) is 3. The summed E-state index contributed by atoms with van der Waals surface area (Å²) in [5.74, 6) is -0.655. The summed E-state index contributed by atoms with van der Waals surface area (Å²) in [4.78, 5) is 6.06. The quantitative estimate of drug-likeness (QED) is 0.703. The zero-order valence-electron chi connectivity index (χ0n) is 11.7. The third-order valence-corrected chi connectivity index (χ3v) is 4.62. The molecule has 0 atom stereocenters. The third-order valence-electron chi connectivity index (χ3n) is 3.23. The molecule has 0 saturated carbocycles. The molecule has 3 rings (SSSR count). The highest BCUT2D eigenvalue weighted by Crippen LogP contribution is 2.30. The molecule has 0 fully saturated rings. The lowest BCUT2D eigenvalue weighted by atomic mass is 10.2. The summed E-state index contributed by atoms with van der Waals surface area (Å²) in [6.45, 7) is 0. The van der Waals surface area contributed by atoms with Crippen LogP contribution in [0.25, 0.3) is 11.0 Å². The zero-order valence-corrected chi connectivity index (χ0v) is 12.5. The van der Waals surface area contributed by atoms with Gasteiger partial charge < -0.3 is 4.98 Å². The molecule has 3 aromatic rings. The summed E-state index contributed by atoms with van der Waals surface area (Å²) in [6.07, 6.45) is -2.32. The molecule has 2 N–H and O–H groups in total. The lowest BCUT2D eigenvalue weighted by Gasteiger charge is -2.09. The van der Waals surface area contributed by atoms with Crippen LogP contribution in [0, 0.1) is 5.82 Å². The fourth-order valence-electron chi connectivity index (χ4n) is 2.09. The number of fused-ring (bicyclic) bond motifs is 1. The van der Waals surface area contributed by atoms with E-state index >= 15 is 0 Å². The highest BCUT2D eigenvalue weighted by atomic mass is 32.2. The number of H-pyrrole nitrogens is 1. The lowest BCUT2D eigenvalue weighted by molar-refractivity contribution is -0.137. The smallest absolute Gasteiger partial charge is 0.344 e. The number of nitrogens with one attached hydrogen (secondary N) is 2.